The van der Waals surface area contributed by atoms with E-state index in [0.29, 0.717) is 12.0 Å². The van der Waals surface area contributed by atoms with Crippen LogP contribution < -0.4 is 10.1 Å². The van der Waals surface area contributed by atoms with E-state index < -0.39 is 0 Å². The molecule has 1 saturated heterocycles. The summed E-state index contributed by atoms with van der Waals surface area (Å²) in [5, 5.41) is 3.71. The van der Waals surface area contributed by atoms with E-state index in [2.05, 4.69) is 33.4 Å². The van der Waals surface area contributed by atoms with E-state index in [1.165, 1.54) is 44.5 Å². The first-order valence-electron chi connectivity index (χ1n) is 9.39. The lowest BCUT2D eigenvalue weighted by molar-refractivity contribution is 0.335. The molecule has 0 amide bonds. The summed E-state index contributed by atoms with van der Waals surface area (Å²) in [4.78, 5) is 7.24. The normalized spacial score (nSPS) is 22.9. The molecular formula is C21H27N3O. The van der Waals surface area contributed by atoms with Gasteiger partial charge in [0.2, 0.25) is 0 Å². The van der Waals surface area contributed by atoms with Crippen LogP contribution in [0, 0.1) is 0 Å². The van der Waals surface area contributed by atoms with Crippen LogP contribution in [-0.2, 0) is 0 Å². The highest BCUT2D eigenvalue weighted by molar-refractivity contribution is 5.61. The summed E-state index contributed by atoms with van der Waals surface area (Å²) >= 11 is 0. The van der Waals surface area contributed by atoms with Gasteiger partial charge < -0.3 is 15.0 Å². The van der Waals surface area contributed by atoms with Gasteiger partial charge in [-0.05, 0) is 56.1 Å². The lowest BCUT2D eigenvalue weighted by atomic mass is 10.1. The third-order valence-corrected chi connectivity index (χ3v) is 5.40. The van der Waals surface area contributed by atoms with Crippen molar-refractivity contribution in [2.24, 2.45) is 0 Å². The van der Waals surface area contributed by atoms with E-state index in [-0.39, 0.29) is 0 Å². The Morgan fingerprint density at radius 1 is 1.20 bits per heavy atom. The number of rotatable bonds is 7. The van der Waals surface area contributed by atoms with Crippen LogP contribution >= 0.6 is 0 Å². The molecule has 2 heterocycles. The first-order chi connectivity index (χ1) is 12.3. The van der Waals surface area contributed by atoms with Crippen LogP contribution in [-0.4, -0.2) is 49.2 Å². The molecule has 1 aliphatic heterocycles. The minimum absolute atomic E-state index is 0.630. The molecule has 2 atom stereocenters. The summed E-state index contributed by atoms with van der Waals surface area (Å²) < 4.78 is 5.30. The molecule has 2 aromatic rings. The standard InChI is InChI=1S/C21H27N3O/c1-25-18-6-4-5-16(13-18)20-8-7-17(15-23-20)19-14-21(19)22-9-12-24-10-2-3-11-24/h4-8,13,15,19,21-22H,2-3,9-12,14H2,1H3. The van der Waals surface area contributed by atoms with Crippen molar-refractivity contribution in [1.82, 2.24) is 15.2 Å². The largest absolute Gasteiger partial charge is 0.497 e. The fourth-order valence-corrected chi connectivity index (χ4v) is 3.78. The highest BCUT2D eigenvalue weighted by Crippen LogP contribution is 2.40. The number of hydrogen-bond donors (Lipinski definition) is 1. The van der Waals surface area contributed by atoms with Crippen molar-refractivity contribution in [2.45, 2.75) is 31.2 Å². The summed E-state index contributed by atoms with van der Waals surface area (Å²) in [5.74, 6) is 1.50. The van der Waals surface area contributed by atoms with Gasteiger partial charge in [0.25, 0.3) is 0 Å². The Morgan fingerprint density at radius 2 is 2.08 bits per heavy atom. The molecule has 1 aromatic carbocycles. The zero-order valence-corrected chi connectivity index (χ0v) is 14.9. The molecule has 4 nitrogen and oxygen atoms in total. The number of methoxy groups -OCH3 is 1. The lowest BCUT2D eigenvalue weighted by Gasteiger charge is -2.14. The summed E-state index contributed by atoms with van der Waals surface area (Å²) in [6, 6.07) is 13.1. The molecule has 25 heavy (non-hydrogen) atoms. The van der Waals surface area contributed by atoms with Gasteiger partial charge in [0.1, 0.15) is 5.75 Å². The number of aromatic nitrogens is 1. The Balaban J connectivity index is 1.30. The number of pyridine rings is 1. The number of benzene rings is 1. The SMILES string of the molecule is COc1cccc(-c2ccc(C3CC3NCCN3CCCC3)cn2)c1. The smallest absolute Gasteiger partial charge is 0.119 e. The van der Waals surface area contributed by atoms with Crippen LogP contribution in [0.1, 0.15) is 30.7 Å². The third-order valence-electron chi connectivity index (χ3n) is 5.40. The molecule has 4 heteroatoms. The van der Waals surface area contributed by atoms with Crippen molar-refractivity contribution < 1.29 is 4.74 Å². The predicted octanol–water partition coefficient (Wildman–Crippen LogP) is 3.30. The number of hydrogen-bond acceptors (Lipinski definition) is 4. The first-order valence-corrected chi connectivity index (χ1v) is 9.39. The van der Waals surface area contributed by atoms with E-state index in [9.17, 15) is 0 Å². The summed E-state index contributed by atoms with van der Waals surface area (Å²) in [5.41, 5.74) is 3.45. The van der Waals surface area contributed by atoms with E-state index in [1.807, 2.05) is 24.4 Å². The van der Waals surface area contributed by atoms with Crippen LogP contribution in [0.2, 0.25) is 0 Å². The molecule has 2 fully saturated rings. The molecule has 132 valence electrons. The second kappa shape index (κ2) is 7.54. The molecule has 1 aromatic heterocycles. The van der Waals surface area contributed by atoms with Gasteiger partial charge in [0.15, 0.2) is 0 Å². The van der Waals surface area contributed by atoms with Crippen LogP contribution in [0.25, 0.3) is 11.3 Å². The number of nitrogens with one attached hydrogen (secondary N) is 1. The second-order valence-electron chi connectivity index (χ2n) is 7.16. The molecule has 1 N–H and O–H groups in total. The Kier molecular flexibility index (Phi) is 4.99. The maximum atomic E-state index is 5.30. The quantitative estimate of drug-likeness (QED) is 0.841. The molecule has 2 unspecified atom stereocenters. The molecule has 1 saturated carbocycles. The van der Waals surface area contributed by atoms with Gasteiger partial charge in [-0.3, -0.25) is 4.98 Å². The molecule has 4 rings (SSSR count). The van der Waals surface area contributed by atoms with Crippen molar-refractivity contribution in [2.75, 3.05) is 33.3 Å². The van der Waals surface area contributed by atoms with Gasteiger partial charge in [-0.15, -0.1) is 0 Å². The van der Waals surface area contributed by atoms with Crippen LogP contribution in [0.3, 0.4) is 0 Å². The van der Waals surface area contributed by atoms with Crippen molar-refractivity contribution >= 4 is 0 Å². The highest BCUT2D eigenvalue weighted by atomic mass is 16.5. The van der Waals surface area contributed by atoms with Crippen molar-refractivity contribution in [1.29, 1.82) is 0 Å². The Bertz CT molecular complexity index is 695. The summed E-state index contributed by atoms with van der Waals surface area (Å²) in [6.45, 7) is 4.86. The highest BCUT2D eigenvalue weighted by Gasteiger charge is 2.38. The zero-order chi connectivity index (χ0) is 17.1. The molecule has 2 aliphatic rings. The average molecular weight is 337 g/mol. The summed E-state index contributed by atoms with van der Waals surface area (Å²) in [6.07, 6.45) is 6.02. The van der Waals surface area contributed by atoms with Gasteiger partial charge in [0.05, 0.1) is 12.8 Å². The van der Waals surface area contributed by atoms with E-state index in [1.54, 1.807) is 7.11 Å². The van der Waals surface area contributed by atoms with E-state index in [0.717, 1.165) is 23.6 Å². The zero-order valence-electron chi connectivity index (χ0n) is 14.9. The minimum atomic E-state index is 0.630. The maximum Gasteiger partial charge on any atom is 0.119 e. The predicted molar refractivity (Wildman–Crippen MR) is 101 cm³/mol. The fraction of sp³-hybridized carbons (Fsp3) is 0.476. The molecule has 0 bridgehead atoms. The average Bonchev–Trinajstić information content (AvgIpc) is 3.25. The van der Waals surface area contributed by atoms with Crippen molar-refractivity contribution in [3.8, 4) is 17.0 Å². The third kappa shape index (κ3) is 4.02. The number of likely N-dealkylation sites (tertiary alicyclic amines) is 1. The topological polar surface area (TPSA) is 37.4 Å². The monoisotopic (exact) mass is 337 g/mol. The van der Waals surface area contributed by atoms with E-state index in [4.69, 9.17) is 4.74 Å². The molecule has 0 spiro atoms. The Hall–Kier alpha value is -1.91. The molecule has 1 aliphatic carbocycles. The van der Waals surface area contributed by atoms with Gasteiger partial charge in [-0.1, -0.05) is 18.2 Å². The Morgan fingerprint density at radius 3 is 2.84 bits per heavy atom. The van der Waals surface area contributed by atoms with Gasteiger partial charge in [-0.25, -0.2) is 0 Å². The molecular weight excluding hydrogens is 310 g/mol. The van der Waals surface area contributed by atoms with Gasteiger partial charge >= 0.3 is 0 Å². The minimum Gasteiger partial charge on any atom is -0.497 e. The van der Waals surface area contributed by atoms with Gasteiger partial charge in [0, 0.05) is 36.8 Å². The van der Waals surface area contributed by atoms with Gasteiger partial charge in [-0.2, -0.15) is 0 Å². The van der Waals surface area contributed by atoms with Crippen LogP contribution in [0.5, 0.6) is 5.75 Å². The van der Waals surface area contributed by atoms with Crippen molar-refractivity contribution in [3.05, 3.63) is 48.2 Å². The first kappa shape index (κ1) is 16.6. The summed E-state index contributed by atoms with van der Waals surface area (Å²) in [7, 11) is 1.69. The van der Waals surface area contributed by atoms with Crippen molar-refractivity contribution in [3.63, 3.8) is 0 Å². The Labute approximate surface area is 150 Å². The fourth-order valence-electron chi connectivity index (χ4n) is 3.78. The van der Waals surface area contributed by atoms with Crippen LogP contribution in [0.4, 0.5) is 0 Å². The second-order valence-corrected chi connectivity index (χ2v) is 7.16. The lowest BCUT2D eigenvalue weighted by Crippen LogP contribution is -2.31. The number of ether oxygens (including phenoxy) is 1. The number of nitrogens with zero attached hydrogens (tertiary/aromatic N) is 2. The van der Waals surface area contributed by atoms with Crippen LogP contribution in [0.15, 0.2) is 42.6 Å². The maximum absolute atomic E-state index is 5.30. The van der Waals surface area contributed by atoms with E-state index >= 15 is 0 Å². The molecule has 0 radical (unpaired) electrons.